The number of nitro benzene ring substituents is 1. The number of hydrogen-bond acceptors (Lipinski definition) is 6. The summed E-state index contributed by atoms with van der Waals surface area (Å²) >= 11 is 0. The summed E-state index contributed by atoms with van der Waals surface area (Å²) in [5, 5.41) is 14.3. The molecule has 2 heterocycles. The second-order valence-electron chi connectivity index (χ2n) is 8.72. The first-order valence-electron chi connectivity index (χ1n) is 10.4. The number of ether oxygens (including phenoxy) is 1. The molecule has 160 valence electrons. The number of hydrogen-bond donors (Lipinski definition) is 1. The van der Waals surface area contributed by atoms with E-state index in [2.05, 4.69) is 35.9 Å². The summed E-state index contributed by atoms with van der Waals surface area (Å²) in [7, 11) is 0. The van der Waals surface area contributed by atoms with Crippen molar-refractivity contribution in [2.24, 2.45) is 5.92 Å². The number of carbonyl (C=O) groups is 1. The Morgan fingerprint density at radius 2 is 1.90 bits per heavy atom. The van der Waals surface area contributed by atoms with Crippen LogP contribution >= 0.6 is 0 Å². The first-order valence-corrected chi connectivity index (χ1v) is 10.4. The van der Waals surface area contributed by atoms with Gasteiger partial charge in [0.25, 0.3) is 11.6 Å². The van der Waals surface area contributed by atoms with Gasteiger partial charge in [-0.1, -0.05) is 6.92 Å². The van der Waals surface area contributed by atoms with Gasteiger partial charge in [-0.25, -0.2) is 0 Å². The number of piperidine rings is 1. The summed E-state index contributed by atoms with van der Waals surface area (Å²) in [5.41, 5.74) is 0.883. The molecule has 2 saturated heterocycles. The maximum absolute atomic E-state index is 13.1. The van der Waals surface area contributed by atoms with Gasteiger partial charge in [0.2, 0.25) is 0 Å². The van der Waals surface area contributed by atoms with Crippen molar-refractivity contribution >= 4 is 17.3 Å². The minimum Gasteiger partial charge on any atom is -0.379 e. The monoisotopic (exact) mass is 404 g/mol. The number of non-ortho nitro benzene ring substituents is 1. The Labute approximate surface area is 172 Å². The summed E-state index contributed by atoms with van der Waals surface area (Å²) in [4.78, 5) is 28.4. The number of nitrogens with zero attached hydrogens (tertiary/aromatic N) is 3. The number of rotatable bonds is 6. The Morgan fingerprint density at radius 3 is 2.52 bits per heavy atom. The van der Waals surface area contributed by atoms with Crippen molar-refractivity contribution in [3.8, 4) is 0 Å². The summed E-state index contributed by atoms with van der Waals surface area (Å²) in [6, 6.07) is 4.61. The molecule has 1 aromatic carbocycles. The van der Waals surface area contributed by atoms with Crippen LogP contribution in [-0.4, -0.2) is 67.2 Å². The van der Waals surface area contributed by atoms with E-state index in [9.17, 15) is 14.9 Å². The van der Waals surface area contributed by atoms with Crippen LogP contribution in [0.2, 0.25) is 0 Å². The SMILES string of the molecule is CC1CCN(c2ccc([N+](=O)[O-])cc2C(=O)NCC(C)(C)N2CCOCC2)CC1. The third-order valence-electron chi connectivity index (χ3n) is 6.11. The van der Waals surface area contributed by atoms with E-state index in [1.165, 1.54) is 12.1 Å². The second-order valence-corrected chi connectivity index (χ2v) is 8.72. The van der Waals surface area contributed by atoms with Crippen LogP contribution in [-0.2, 0) is 4.74 Å². The fourth-order valence-corrected chi connectivity index (χ4v) is 4.02. The molecule has 0 saturated carbocycles. The Bertz CT molecular complexity index is 738. The average molecular weight is 405 g/mol. The van der Waals surface area contributed by atoms with Crippen molar-refractivity contribution in [1.82, 2.24) is 10.2 Å². The minimum absolute atomic E-state index is 0.0586. The summed E-state index contributed by atoms with van der Waals surface area (Å²) in [6.07, 6.45) is 2.12. The highest BCUT2D eigenvalue weighted by molar-refractivity contribution is 6.00. The highest BCUT2D eigenvalue weighted by Gasteiger charge is 2.30. The van der Waals surface area contributed by atoms with Crippen molar-refractivity contribution in [2.45, 2.75) is 39.2 Å². The Balaban J connectivity index is 1.76. The van der Waals surface area contributed by atoms with Gasteiger partial charge < -0.3 is 15.0 Å². The van der Waals surface area contributed by atoms with Crippen LogP contribution in [0, 0.1) is 16.0 Å². The zero-order chi connectivity index (χ0) is 21.0. The third kappa shape index (κ3) is 5.25. The lowest BCUT2D eigenvalue weighted by atomic mass is 9.97. The van der Waals surface area contributed by atoms with Crippen LogP contribution in [0.5, 0.6) is 0 Å². The Hall–Kier alpha value is -2.19. The molecule has 0 radical (unpaired) electrons. The van der Waals surface area contributed by atoms with Crippen molar-refractivity contribution in [3.05, 3.63) is 33.9 Å². The number of carbonyl (C=O) groups excluding carboxylic acids is 1. The van der Waals surface area contributed by atoms with Gasteiger partial charge in [-0.2, -0.15) is 0 Å². The first-order chi connectivity index (χ1) is 13.8. The molecule has 1 N–H and O–H groups in total. The first kappa shape index (κ1) is 21.5. The molecular formula is C21H32N4O4. The largest absolute Gasteiger partial charge is 0.379 e. The fourth-order valence-electron chi connectivity index (χ4n) is 4.02. The zero-order valence-corrected chi connectivity index (χ0v) is 17.6. The van der Waals surface area contributed by atoms with Gasteiger partial charge in [0.15, 0.2) is 0 Å². The maximum atomic E-state index is 13.1. The van der Waals surface area contributed by atoms with E-state index in [4.69, 9.17) is 4.74 Å². The van der Waals surface area contributed by atoms with Crippen LogP contribution in [0.15, 0.2) is 18.2 Å². The lowest BCUT2D eigenvalue weighted by molar-refractivity contribution is -0.384. The quantitative estimate of drug-likeness (QED) is 0.579. The Morgan fingerprint density at radius 1 is 1.24 bits per heavy atom. The van der Waals surface area contributed by atoms with Gasteiger partial charge in [-0.05, 0) is 38.7 Å². The van der Waals surface area contributed by atoms with E-state index >= 15 is 0 Å². The normalized spacial score (nSPS) is 19.2. The molecule has 2 aliphatic heterocycles. The van der Waals surface area contributed by atoms with Gasteiger partial charge in [0, 0.05) is 50.4 Å². The minimum atomic E-state index is -0.448. The predicted octanol–water partition coefficient (Wildman–Crippen LogP) is 2.67. The van der Waals surface area contributed by atoms with E-state index in [1.54, 1.807) is 6.07 Å². The van der Waals surface area contributed by atoms with Gasteiger partial charge in [0.1, 0.15) is 0 Å². The molecule has 0 aliphatic carbocycles. The van der Waals surface area contributed by atoms with Gasteiger partial charge in [-0.3, -0.25) is 19.8 Å². The van der Waals surface area contributed by atoms with Gasteiger partial charge in [0.05, 0.1) is 29.4 Å². The summed E-state index contributed by atoms with van der Waals surface area (Å²) in [6.45, 7) is 11.7. The topological polar surface area (TPSA) is 87.9 Å². The Kier molecular flexibility index (Phi) is 6.74. The molecule has 29 heavy (non-hydrogen) atoms. The molecule has 3 rings (SSSR count). The molecular weight excluding hydrogens is 372 g/mol. The summed E-state index contributed by atoms with van der Waals surface area (Å²) < 4.78 is 5.42. The van der Waals surface area contributed by atoms with E-state index in [0.717, 1.165) is 44.7 Å². The molecule has 0 atom stereocenters. The van der Waals surface area contributed by atoms with Crippen LogP contribution in [0.3, 0.4) is 0 Å². The molecule has 1 aromatic rings. The van der Waals surface area contributed by atoms with E-state index in [1.807, 2.05) is 0 Å². The molecule has 2 aliphatic rings. The van der Waals surface area contributed by atoms with E-state index in [0.29, 0.717) is 31.2 Å². The van der Waals surface area contributed by atoms with Gasteiger partial charge in [-0.15, -0.1) is 0 Å². The zero-order valence-electron chi connectivity index (χ0n) is 17.6. The van der Waals surface area contributed by atoms with Gasteiger partial charge >= 0.3 is 0 Å². The molecule has 0 unspecified atom stereocenters. The van der Waals surface area contributed by atoms with Crippen LogP contribution < -0.4 is 10.2 Å². The van der Waals surface area contributed by atoms with Crippen LogP contribution in [0.25, 0.3) is 0 Å². The lowest BCUT2D eigenvalue weighted by Crippen LogP contribution is -2.55. The highest BCUT2D eigenvalue weighted by atomic mass is 16.6. The molecule has 0 spiro atoms. The molecule has 2 fully saturated rings. The standard InChI is InChI=1S/C21H32N4O4/c1-16-6-8-23(9-7-16)19-5-4-17(25(27)28)14-18(19)20(26)22-15-21(2,3)24-10-12-29-13-11-24/h4-5,14,16H,6-13,15H2,1-3H3,(H,22,26). The number of nitro groups is 1. The highest BCUT2D eigenvalue weighted by Crippen LogP contribution is 2.29. The average Bonchev–Trinajstić information content (AvgIpc) is 2.73. The van der Waals surface area contributed by atoms with Crippen molar-refractivity contribution in [3.63, 3.8) is 0 Å². The second kappa shape index (κ2) is 9.09. The lowest BCUT2D eigenvalue weighted by Gasteiger charge is -2.41. The number of morpholine rings is 1. The smallest absolute Gasteiger partial charge is 0.270 e. The molecule has 0 aromatic heterocycles. The van der Waals surface area contributed by atoms with Crippen LogP contribution in [0.4, 0.5) is 11.4 Å². The van der Waals surface area contributed by atoms with E-state index < -0.39 is 4.92 Å². The predicted molar refractivity (Wildman–Crippen MR) is 113 cm³/mol. The molecule has 8 nitrogen and oxygen atoms in total. The molecule has 1 amide bonds. The maximum Gasteiger partial charge on any atom is 0.270 e. The fraction of sp³-hybridized carbons (Fsp3) is 0.667. The van der Waals surface area contributed by atoms with Crippen LogP contribution in [0.1, 0.15) is 44.0 Å². The number of nitrogens with one attached hydrogen (secondary N) is 1. The third-order valence-corrected chi connectivity index (χ3v) is 6.11. The van der Waals surface area contributed by atoms with Crippen molar-refractivity contribution in [2.75, 3.05) is 50.8 Å². The van der Waals surface area contributed by atoms with Crippen molar-refractivity contribution in [1.29, 1.82) is 0 Å². The number of benzene rings is 1. The van der Waals surface area contributed by atoms with Crippen molar-refractivity contribution < 1.29 is 14.5 Å². The number of amides is 1. The van der Waals surface area contributed by atoms with E-state index in [-0.39, 0.29) is 17.1 Å². The number of anilines is 1. The molecule has 8 heteroatoms. The molecule has 0 bridgehead atoms. The summed E-state index contributed by atoms with van der Waals surface area (Å²) in [5.74, 6) is 0.402.